The van der Waals surface area contributed by atoms with Crippen LogP contribution in [0.5, 0.6) is 17.2 Å². The molecule has 0 fully saturated rings. The van der Waals surface area contributed by atoms with Crippen molar-refractivity contribution >= 4 is 48.1 Å². The Hall–Kier alpha value is -6.67. The lowest BCUT2D eigenvalue weighted by Crippen LogP contribution is -2.60. The van der Waals surface area contributed by atoms with E-state index in [1.54, 1.807) is 32.9 Å². The Bertz CT molecular complexity index is 2450. The lowest BCUT2D eigenvalue weighted by atomic mass is 9.95. The second kappa shape index (κ2) is 35.1. The van der Waals surface area contributed by atoms with Gasteiger partial charge >= 0.3 is 5.97 Å². The van der Waals surface area contributed by atoms with Crippen LogP contribution in [0.3, 0.4) is 0 Å². The maximum atomic E-state index is 14.0. The van der Waals surface area contributed by atoms with E-state index in [1.165, 1.54) is 0 Å². The fourth-order valence-electron chi connectivity index (χ4n) is 8.78. The van der Waals surface area contributed by atoms with Gasteiger partial charge in [-0.25, -0.2) is 4.79 Å². The number of carbonyl (C=O) groups excluding carboxylic acids is 5. The van der Waals surface area contributed by atoms with Crippen LogP contribution in [0.1, 0.15) is 114 Å². The Kier molecular flexibility index (Phi) is 28.9. The Morgan fingerprint density at radius 3 is 1.46 bits per heavy atom. The Morgan fingerprint density at radius 1 is 0.588 bits per heavy atom. The molecule has 4 rings (SSSR count). The molecule has 438 valence electrons. The largest absolute Gasteiger partial charge is 0.489 e. The summed E-state index contributed by atoms with van der Waals surface area (Å²) in [6, 6.07) is 28.0. The number of carboxylic acid groups (broad SMARTS) is 1. The molecule has 80 heavy (non-hydrogen) atoms. The van der Waals surface area contributed by atoms with Gasteiger partial charge in [0.05, 0.1) is 19.8 Å². The van der Waals surface area contributed by atoms with Gasteiger partial charge in [-0.3, -0.25) is 24.0 Å². The number of carboxylic acids is 1. The van der Waals surface area contributed by atoms with Crippen LogP contribution in [0.4, 0.5) is 0 Å². The van der Waals surface area contributed by atoms with Gasteiger partial charge in [0.15, 0.2) is 11.5 Å². The first-order chi connectivity index (χ1) is 38.3. The molecule has 19 heteroatoms. The smallest absolute Gasteiger partial charge is 0.326 e. The third-order valence-corrected chi connectivity index (χ3v) is 14.0. The summed E-state index contributed by atoms with van der Waals surface area (Å²) in [6.45, 7) is 11.5. The zero-order valence-corrected chi connectivity index (χ0v) is 48.4. The minimum absolute atomic E-state index is 0.0127. The normalized spacial score (nSPS) is 14.3. The number of carbonyl (C=O) groups is 6. The van der Waals surface area contributed by atoms with Crippen LogP contribution in [-0.4, -0.2) is 115 Å². The highest BCUT2D eigenvalue weighted by molar-refractivity contribution is 7.80. The fourth-order valence-corrected chi connectivity index (χ4v) is 9.03. The van der Waals surface area contributed by atoms with E-state index >= 15 is 0 Å². The average molecular weight is 1130 g/mol. The van der Waals surface area contributed by atoms with Crippen molar-refractivity contribution in [3.63, 3.8) is 0 Å². The SMILES string of the molecule is CC[C@H](C)[C@H](NC(=O)[C@@H](NC(=O)[C@H](CS)NC(=O)CCCNC(=O)c1cc(OCC[C@@H](N)Cc2ccccc2)c(OCC[C@@H](N)Cc2ccccc2)c(OCC[C@@H](N)Cc2ccccc2)c1)C(C)C)C(=O)N[C@@H](CC(C)C)C(=O)O. The van der Waals surface area contributed by atoms with E-state index in [9.17, 15) is 33.9 Å². The molecule has 0 aliphatic carbocycles. The molecule has 0 radical (unpaired) electrons. The van der Waals surface area contributed by atoms with E-state index in [0.717, 1.165) is 16.7 Å². The van der Waals surface area contributed by atoms with Crippen molar-refractivity contribution in [3.8, 4) is 17.2 Å². The van der Waals surface area contributed by atoms with Crippen molar-refractivity contribution in [2.75, 3.05) is 32.1 Å². The second-order valence-electron chi connectivity index (χ2n) is 21.4. The van der Waals surface area contributed by atoms with E-state index < -0.39 is 65.6 Å². The van der Waals surface area contributed by atoms with Gasteiger partial charge in [0.25, 0.3) is 5.91 Å². The first-order valence-electron chi connectivity index (χ1n) is 28.0. The third kappa shape index (κ3) is 23.6. The first-order valence-corrected chi connectivity index (χ1v) is 28.7. The molecule has 8 atom stereocenters. The average Bonchev–Trinajstić information content (AvgIpc) is 3.42. The predicted octanol–water partition coefficient (Wildman–Crippen LogP) is 5.92. The summed E-state index contributed by atoms with van der Waals surface area (Å²) in [4.78, 5) is 80.0. The fraction of sp³-hybridized carbons (Fsp3) is 0.508. The number of amides is 5. The van der Waals surface area contributed by atoms with Crippen molar-refractivity contribution in [2.24, 2.45) is 35.0 Å². The summed E-state index contributed by atoms with van der Waals surface area (Å²) < 4.78 is 19.3. The van der Waals surface area contributed by atoms with Crippen LogP contribution in [0.15, 0.2) is 103 Å². The maximum absolute atomic E-state index is 14.0. The lowest BCUT2D eigenvalue weighted by Gasteiger charge is -2.30. The van der Waals surface area contributed by atoms with Gasteiger partial charge in [-0.2, -0.15) is 12.6 Å². The topological polar surface area (TPSA) is 289 Å². The van der Waals surface area contributed by atoms with E-state index in [0.29, 0.717) is 50.7 Å². The molecule has 12 N–H and O–H groups in total. The lowest BCUT2D eigenvalue weighted by molar-refractivity contribution is -0.143. The van der Waals surface area contributed by atoms with Crippen LogP contribution in [0.25, 0.3) is 0 Å². The van der Waals surface area contributed by atoms with Gasteiger partial charge in [0.1, 0.15) is 24.2 Å². The molecule has 0 saturated heterocycles. The number of ether oxygens (including phenoxy) is 3. The number of thiol groups is 1. The molecular formula is C61H88N8O10S. The highest BCUT2D eigenvalue weighted by Crippen LogP contribution is 2.40. The molecule has 18 nitrogen and oxygen atoms in total. The number of aliphatic carboxylic acids is 1. The van der Waals surface area contributed by atoms with Gasteiger partial charge in [-0.05, 0) is 97.9 Å². The summed E-state index contributed by atoms with van der Waals surface area (Å²) in [5, 5.41) is 23.3. The van der Waals surface area contributed by atoms with E-state index in [2.05, 4.69) is 39.2 Å². The summed E-state index contributed by atoms with van der Waals surface area (Å²) in [7, 11) is 0. The quantitative estimate of drug-likeness (QED) is 0.0186. The number of hydrogen-bond acceptors (Lipinski definition) is 13. The molecule has 0 unspecified atom stereocenters. The minimum atomic E-state index is -1.18. The van der Waals surface area contributed by atoms with E-state index in [-0.39, 0.29) is 98.4 Å². The van der Waals surface area contributed by atoms with Crippen LogP contribution in [0, 0.1) is 17.8 Å². The molecule has 0 bridgehead atoms. The van der Waals surface area contributed by atoms with E-state index in [1.807, 2.05) is 112 Å². The number of nitrogens with two attached hydrogens (primary N) is 3. The number of benzene rings is 4. The first kappa shape index (κ1) is 65.8. The molecule has 0 aromatic heterocycles. The third-order valence-electron chi connectivity index (χ3n) is 13.6. The van der Waals surface area contributed by atoms with Crippen LogP contribution < -0.4 is 58.0 Å². The summed E-state index contributed by atoms with van der Waals surface area (Å²) in [5.41, 5.74) is 23.2. The van der Waals surface area contributed by atoms with Crippen molar-refractivity contribution in [1.82, 2.24) is 26.6 Å². The van der Waals surface area contributed by atoms with Crippen LogP contribution in [0.2, 0.25) is 0 Å². The van der Waals surface area contributed by atoms with Gasteiger partial charge in [0.2, 0.25) is 29.4 Å². The number of hydrogen-bond donors (Lipinski definition) is 10. The Balaban J connectivity index is 1.44. The summed E-state index contributed by atoms with van der Waals surface area (Å²) in [6.07, 6.45) is 4.28. The molecule has 0 heterocycles. The predicted molar refractivity (Wildman–Crippen MR) is 316 cm³/mol. The number of rotatable bonds is 37. The summed E-state index contributed by atoms with van der Waals surface area (Å²) >= 11 is 4.32. The molecule has 4 aromatic rings. The number of nitrogens with one attached hydrogen (secondary N) is 5. The van der Waals surface area contributed by atoms with Gasteiger partial charge in [-0.15, -0.1) is 0 Å². The molecule has 0 aliphatic rings. The Morgan fingerprint density at radius 2 is 1.04 bits per heavy atom. The van der Waals surface area contributed by atoms with Crippen molar-refractivity contribution in [3.05, 3.63) is 125 Å². The molecule has 5 amide bonds. The van der Waals surface area contributed by atoms with Crippen molar-refractivity contribution in [1.29, 1.82) is 0 Å². The molecule has 4 aromatic carbocycles. The Labute approximate surface area is 478 Å². The van der Waals surface area contributed by atoms with Gasteiger partial charge in [0, 0.05) is 42.4 Å². The molecular weight excluding hydrogens is 1040 g/mol. The minimum Gasteiger partial charge on any atom is -0.489 e. The summed E-state index contributed by atoms with van der Waals surface area (Å²) in [5.74, 6) is -4.14. The standard InChI is InChI=1S/C61H88N8O10S/c1-7-41(6)55(60(74)67-49(61(75)76)32-39(2)3)69-59(73)54(40(4)5)68-58(72)50(38-80)66-53(70)24-17-28-65-57(71)45-36-51(77-29-25-46(62)33-42-18-11-8-12-19-42)56(79-31-27-48(64)35-44-22-15-10-16-23-44)52(37-45)78-30-26-47(63)34-43-20-13-9-14-21-43/h8-16,18-23,36-37,39-41,46-50,54-55,80H,7,17,24-35,38,62-64H2,1-6H3,(H,65,71)(H,66,70)(H,67,74)(H,68,72)(H,69,73)(H,75,76)/t41-,46+,47+,48+,49-,50-,54-,55-/m0/s1. The van der Waals surface area contributed by atoms with Crippen molar-refractivity contribution in [2.45, 2.75) is 148 Å². The molecule has 0 saturated carbocycles. The maximum Gasteiger partial charge on any atom is 0.326 e. The highest BCUT2D eigenvalue weighted by atomic mass is 32.1. The van der Waals surface area contributed by atoms with Crippen LogP contribution >= 0.6 is 12.6 Å². The zero-order chi connectivity index (χ0) is 58.6. The van der Waals surface area contributed by atoms with E-state index in [4.69, 9.17) is 31.4 Å². The second-order valence-corrected chi connectivity index (χ2v) is 21.7. The van der Waals surface area contributed by atoms with Crippen molar-refractivity contribution < 1.29 is 48.1 Å². The monoisotopic (exact) mass is 1120 g/mol. The van der Waals surface area contributed by atoms with Gasteiger partial charge < -0.3 is 63.1 Å². The molecule has 0 aliphatic heterocycles. The van der Waals surface area contributed by atoms with Crippen LogP contribution in [-0.2, 0) is 43.2 Å². The zero-order valence-electron chi connectivity index (χ0n) is 47.5. The molecule has 0 spiro atoms. The van der Waals surface area contributed by atoms with Gasteiger partial charge in [-0.1, -0.05) is 139 Å². The highest BCUT2D eigenvalue weighted by Gasteiger charge is 2.34.